The number of aromatic nitrogens is 1. The van der Waals surface area contributed by atoms with Crippen LogP contribution in [-0.2, 0) is 0 Å². The van der Waals surface area contributed by atoms with E-state index in [9.17, 15) is 4.39 Å². The standard InChI is InChI=1S/C19H16ClFN2.C2H6/c1-3-23-13(2)18(21)11-16(14-7-5-4-6-8-14)19(23)15-9-10-22-12-17(15)20;1-2/h4-12H,2-3H2,1H3;1-2H3. The van der Waals surface area contributed by atoms with Gasteiger partial charge in [0, 0.05) is 30.1 Å². The monoisotopic (exact) mass is 356 g/mol. The molecule has 130 valence electrons. The molecule has 2 heterocycles. The lowest BCUT2D eigenvalue weighted by Gasteiger charge is -2.33. The second-order valence-corrected chi connectivity index (χ2v) is 5.57. The number of rotatable bonds is 3. The van der Waals surface area contributed by atoms with Crippen LogP contribution in [0.25, 0.3) is 11.3 Å². The van der Waals surface area contributed by atoms with Crippen LogP contribution in [0.1, 0.15) is 31.9 Å². The van der Waals surface area contributed by atoms with Gasteiger partial charge in [0.1, 0.15) is 5.83 Å². The summed E-state index contributed by atoms with van der Waals surface area (Å²) in [6.07, 6.45) is 4.80. The van der Waals surface area contributed by atoms with Gasteiger partial charge in [0.25, 0.3) is 0 Å². The average Bonchev–Trinajstić information content (AvgIpc) is 2.66. The summed E-state index contributed by atoms with van der Waals surface area (Å²) in [6, 6.07) is 11.5. The van der Waals surface area contributed by atoms with Crippen molar-refractivity contribution in [2.24, 2.45) is 0 Å². The summed E-state index contributed by atoms with van der Waals surface area (Å²) >= 11 is 6.35. The number of nitrogens with zero attached hydrogens (tertiary/aromatic N) is 2. The topological polar surface area (TPSA) is 16.1 Å². The molecule has 0 fully saturated rings. The smallest absolute Gasteiger partial charge is 0.146 e. The van der Waals surface area contributed by atoms with Crippen molar-refractivity contribution >= 4 is 22.9 Å². The Morgan fingerprint density at radius 1 is 1.16 bits per heavy atom. The number of hydrogen-bond donors (Lipinski definition) is 0. The maximum Gasteiger partial charge on any atom is 0.146 e. The van der Waals surface area contributed by atoms with E-state index in [2.05, 4.69) is 11.6 Å². The molecular weight excluding hydrogens is 335 g/mol. The molecule has 0 aliphatic carbocycles. The third-order valence-corrected chi connectivity index (χ3v) is 4.13. The minimum Gasteiger partial charge on any atom is -0.339 e. The van der Waals surface area contributed by atoms with Gasteiger partial charge in [0.05, 0.1) is 16.4 Å². The lowest BCUT2D eigenvalue weighted by molar-refractivity contribution is 0.479. The molecule has 0 unspecified atom stereocenters. The van der Waals surface area contributed by atoms with Crippen LogP contribution in [-0.4, -0.2) is 16.4 Å². The van der Waals surface area contributed by atoms with E-state index in [1.54, 1.807) is 12.4 Å². The van der Waals surface area contributed by atoms with Gasteiger partial charge in [-0.25, -0.2) is 4.39 Å². The SMILES string of the molecule is C=C1C(F)=CC(c2ccccc2)=C(c2ccncc2Cl)N1CC.CC. The van der Waals surface area contributed by atoms with Gasteiger partial charge in [-0.05, 0) is 24.6 Å². The van der Waals surface area contributed by atoms with Crippen LogP contribution in [0.5, 0.6) is 0 Å². The molecule has 0 spiro atoms. The Bertz CT molecular complexity index is 810. The van der Waals surface area contributed by atoms with Gasteiger partial charge in [-0.1, -0.05) is 62.4 Å². The van der Waals surface area contributed by atoms with Gasteiger partial charge in [0.2, 0.25) is 0 Å². The quantitative estimate of drug-likeness (QED) is 0.638. The van der Waals surface area contributed by atoms with Gasteiger partial charge in [-0.3, -0.25) is 4.98 Å². The second-order valence-electron chi connectivity index (χ2n) is 5.17. The van der Waals surface area contributed by atoms with E-state index < -0.39 is 0 Å². The highest BCUT2D eigenvalue weighted by Crippen LogP contribution is 2.41. The fraction of sp³-hybridized carbons (Fsp3) is 0.190. The molecule has 1 aromatic carbocycles. The maximum atomic E-state index is 14.4. The summed E-state index contributed by atoms with van der Waals surface area (Å²) in [5.41, 5.74) is 3.71. The zero-order valence-corrected chi connectivity index (χ0v) is 15.5. The lowest BCUT2D eigenvalue weighted by atomic mass is 9.95. The molecule has 3 rings (SSSR count). The molecular formula is C21H22ClFN2. The predicted octanol–water partition coefficient (Wildman–Crippen LogP) is 6.33. The molecule has 0 radical (unpaired) electrons. The first-order valence-electron chi connectivity index (χ1n) is 8.37. The van der Waals surface area contributed by atoms with Crippen LogP contribution in [0.2, 0.25) is 5.02 Å². The van der Waals surface area contributed by atoms with Crippen LogP contribution in [0.3, 0.4) is 0 Å². The van der Waals surface area contributed by atoms with E-state index >= 15 is 0 Å². The Labute approximate surface area is 154 Å². The van der Waals surface area contributed by atoms with E-state index in [4.69, 9.17) is 11.6 Å². The van der Waals surface area contributed by atoms with E-state index in [0.717, 1.165) is 22.4 Å². The summed E-state index contributed by atoms with van der Waals surface area (Å²) in [5.74, 6) is -0.334. The molecule has 1 aliphatic heterocycles. The molecule has 25 heavy (non-hydrogen) atoms. The average molecular weight is 357 g/mol. The third-order valence-electron chi connectivity index (χ3n) is 3.83. The maximum absolute atomic E-state index is 14.4. The third kappa shape index (κ3) is 3.83. The van der Waals surface area contributed by atoms with Crippen LogP contribution in [0, 0.1) is 0 Å². The number of allylic oxidation sites excluding steroid dienone is 3. The van der Waals surface area contributed by atoms with Crippen molar-refractivity contribution in [1.29, 1.82) is 0 Å². The normalized spacial score (nSPS) is 14.0. The van der Waals surface area contributed by atoms with Crippen LogP contribution in [0.15, 0.2) is 73.0 Å². The Balaban J connectivity index is 0.00000109. The number of benzene rings is 1. The zero-order chi connectivity index (χ0) is 18.4. The lowest BCUT2D eigenvalue weighted by Crippen LogP contribution is -2.25. The Morgan fingerprint density at radius 3 is 2.44 bits per heavy atom. The number of likely N-dealkylation sites (N-methyl/N-ethyl adjacent to an activating group) is 1. The Morgan fingerprint density at radius 2 is 1.84 bits per heavy atom. The van der Waals surface area contributed by atoms with Crippen molar-refractivity contribution in [1.82, 2.24) is 9.88 Å². The Kier molecular flexibility index (Phi) is 6.54. The highest BCUT2D eigenvalue weighted by atomic mass is 35.5. The molecule has 0 amide bonds. The Hall–Kier alpha value is -2.39. The minimum atomic E-state index is -0.334. The zero-order valence-electron chi connectivity index (χ0n) is 14.8. The minimum absolute atomic E-state index is 0.334. The molecule has 0 bridgehead atoms. The summed E-state index contributed by atoms with van der Waals surface area (Å²) in [4.78, 5) is 5.88. The summed E-state index contributed by atoms with van der Waals surface area (Å²) in [5, 5.41) is 0.526. The molecule has 0 atom stereocenters. The highest BCUT2D eigenvalue weighted by Gasteiger charge is 2.26. The molecule has 4 heteroatoms. The predicted molar refractivity (Wildman–Crippen MR) is 105 cm³/mol. The number of pyridine rings is 1. The fourth-order valence-electron chi connectivity index (χ4n) is 2.73. The molecule has 1 aromatic heterocycles. The number of hydrogen-bond acceptors (Lipinski definition) is 2. The van der Waals surface area contributed by atoms with E-state index in [0.29, 0.717) is 17.3 Å². The van der Waals surface area contributed by atoms with Gasteiger partial charge in [0.15, 0.2) is 0 Å². The first-order chi connectivity index (χ1) is 12.1. The molecule has 2 aromatic rings. The summed E-state index contributed by atoms with van der Waals surface area (Å²) in [6.45, 7) is 10.4. The van der Waals surface area contributed by atoms with Crippen LogP contribution in [0.4, 0.5) is 4.39 Å². The van der Waals surface area contributed by atoms with Crippen molar-refractivity contribution in [2.45, 2.75) is 20.8 Å². The molecule has 1 aliphatic rings. The number of halogens is 2. The van der Waals surface area contributed by atoms with Crippen molar-refractivity contribution < 1.29 is 4.39 Å². The van der Waals surface area contributed by atoms with Gasteiger partial charge < -0.3 is 4.90 Å². The van der Waals surface area contributed by atoms with Gasteiger partial charge in [-0.15, -0.1) is 0 Å². The second kappa shape index (κ2) is 8.63. The van der Waals surface area contributed by atoms with E-state index in [1.807, 2.05) is 62.1 Å². The van der Waals surface area contributed by atoms with Crippen molar-refractivity contribution in [3.8, 4) is 0 Å². The van der Waals surface area contributed by atoms with Crippen LogP contribution < -0.4 is 0 Å². The van der Waals surface area contributed by atoms with Gasteiger partial charge in [-0.2, -0.15) is 0 Å². The van der Waals surface area contributed by atoms with Crippen molar-refractivity contribution in [3.05, 3.63) is 89.1 Å². The first-order valence-corrected chi connectivity index (χ1v) is 8.75. The molecule has 2 nitrogen and oxygen atoms in total. The van der Waals surface area contributed by atoms with E-state index in [1.165, 1.54) is 6.08 Å². The molecule has 0 N–H and O–H groups in total. The summed E-state index contributed by atoms with van der Waals surface area (Å²) in [7, 11) is 0. The summed E-state index contributed by atoms with van der Waals surface area (Å²) < 4.78 is 14.4. The molecule has 0 saturated heterocycles. The van der Waals surface area contributed by atoms with Gasteiger partial charge >= 0.3 is 0 Å². The fourth-order valence-corrected chi connectivity index (χ4v) is 2.94. The van der Waals surface area contributed by atoms with Crippen molar-refractivity contribution in [2.75, 3.05) is 6.54 Å². The van der Waals surface area contributed by atoms with Crippen molar-refractivity contribution in [3.63, 3.8) is 0 Å². The molecule has 0 saturated carbocycles. The van der Waals surface area contributed by atoms with E-state index in [-0.39, 0.29) is 5.83 Å². The van der Waals surface area contributed by atoms with Crippen LogP contribution >= 0.6 is 11.6 Å². The largest absolute Gasteiger partial charge is 0.339 e. The first kappa shape index (κ1) is 18.9. The highest BCUT2D eigenvalue weighted by molar-refractivity contribution is 6.32.